The molecule has 4 N–H and O–H groups in total. The van der Waals surface area contributed by atoms with Crippen molar-refractivity contribution in [1.29, 1.82) is 0 Å². The van der Waals surface area contributed by atoms with E-state index in [2.05, 4.69) is 62.0 Å². The van der Waals surface area contributed by atoms with Crippen molar-refractivity contribution in [1.82, 2.24) is 25.0 Å². The summed E-state index contributed by atoms with van der Waals surface area (Å²) in [5.41, 5.74) is 11.5. The van der Waals surface area contributed by atoms with Gasteiger partial charge in [-0.25, -0.2) is 19.0 Å². The molecule has 0 fully saturated rings. The second-order valence-electron chi connectivity index (χ2n) is 10.7. The molecular formula is C32H35FN8O. The molecule has 9 nitrogen and oxygen atoms in total. The van der Waals surface area contributed by atoms with Crippen molar-refractivity contribution in [2.24, 2.45) is 10.7 Å². The van der Waals surface area contributed by atoms with Gasteiger partial charge in [0.1, 0.15) is 29.3 Å². The minimum atomic E-state index is -0.926. The number of nitrogens with one attached hydrogen (secondary N) is 2. The van der Waals surface area contributed by atoms with Gasteiger partial charge in [-0.1, -0.05) is 49.4 Å². The number of methoxy groups -OCH3 is 1. The summed E-state index contributed by atoms with van der Waals surface area (Å²) in [6.45, 7) is 6.08. The summed E-state index contributed by atoms with van der Waals surface area (Å²) in [5.74, 6) is 1.56. The van der Waals surface area contributed by atoms with E-state index in [0.717, 1.165) is 30.1 Å². The fraction of sp³-hybridized carbons (Fsp3) is 0.281. The van der Waals surface area contributed by atoms with Gasteiger partial charge >= 0.3 is 0 Å². The van der Waals surface area contributed by atoms with Crippen molar-refractivity contribution >= 4 is 11.6 Å². The fourth-order valence-electron chi connectivity index (χ4n) is 5.74. The first-order chi connectivity index (χ1) is 20.4. The maximum atomic E-state index is 15.1. The Hall–Kier alpha value is -4.54. The van der Waals surface area contributed by atoms with Crippen molar-refractivity contribution in [3.8, 4) is 11.4 Å². The molecule has 2 unspecified atom stereocenters. The zero-order valence-corrected chi connectivity index (χ0v) is 24.0. The summed E-state index contributed by atoms with van der Waals surface area (Å²) in [6.07, 6.45) is 2.01. The predicted molar refractivity (Wildman–Crippen MR) is 162 cm³/mol. The van der Waals surface area contributed by atoms with Gasteiger partial charge in [0, 0.05) is 42.5 Å². The maximum Gasteiger partial charge on any atom is 0.202 e. The Bertz CT molecular complexity index is 1630. The molecule has 0 spiro atoms. The van der Waals surface area contributed by atoms with Gasteiger partial charge in [-0.3, -0.25) is 4.90 Å². The first-order valence-corrected chi connectivity index (χ1v) is 14.1. The second-order valence-corrected chi connectivity index (χ2v) is 10.7. The van der Waals surface area contributed by atoms with E-state index in [1.54, 1.807) is 26.2 Å². The Morgan fingerprint density at radius 3 is 2.57 bits per heavy atom. The molecule has 3 aromatic carbocycles. The van der Waals surface area contributed by atoms with Crippen molar-refractivity contribution in [2.75, 3.05) is 25.5 Å². The van der Waals surface area contributed by atoms with E-state index in [-0.39, 0.29) is 5.92 Å². The molecule has 3 heterocycles. The lowest BCUT2D eigenvalue weighted by atomic mass is 9.82. The van der Waals surface area contributed by atoms with Crippen LogP contribution in [0.4, 0.5) is 10.1 Å². The minimum absolute atomic E-state index is 0.0457. The quantitative estimate of drug-likeness (QED) is 0.298. The van der Waals surface area contributed by atoms with Crippen molar-refractivity contribution in [2.45, 2.75) is 38.4 Å². The monoisotopic (exact) mass is 566 g/mol. The molecular weight excluding hydrogens is 531 g/mol. The van der Waals surface area contributed by atoms with E-state index in [1.807, 2.05) is 25.1 Å². The maximum absolute atomic E-state index is 15.1. The number of aryl methyl sites for hydroxylation is 1. The zero-order valence-electron chi connectivity index (χ0n) is 24.0. The Kier molecular flexibility index (Phi) is 7.49. The van der Waals surface area contributed by atoms with Crippen LogP contribution in [0.1, 0.15) is 36.2 Å². The molecule has 0 aliphatic carbocycles. The van der Waals surface area contributed by atoms with E-state index in [1.165, 1.54) is 28.2 Å². The van der Waals surface area contributed by atoms with Crippen LogP contribution in [0.25, 0.3) is 5.69 Å². The molecule has 42 heavy (non-hydrogen) atoms. The standard InChI is InChI=1S/C32H35FN8O/c1-4-32(34)27-19-40(17-22-10-13-25(42-3)14-11-22)18-26(23-8-6-5-7-9-23)30(27)38-31(39-32)37-24-12-15-29(28(33)16-24)41-21(2)35-20-36-41/h5-16,20,26H,4,17-19,34H2,1-3H3,(H2,37,38,39). The Morgan fingerprint density at radius 2 is 1.90 bits per heavy atom. The minimum Gasteiger partial charge on any atom is -0.497 e. The topological polar surface area (TPSA) is 106 Å². The van der Waals surface area contributed by atoms with E-state index in [4.69, 9.17) is 15.5 Å². The van der Waals surface area contributed by atoms with Crippen molar-refractivity contribution in [3.05, 3.63) is 113 Å². The van der Waals surface area contributed by atoms with Gasteiger partial charge in [0.05, 0.1) is 7.11 Å². The lowest BCUT2D eigenvalue weighted by Crippen LogP contribution is -2.55. The number of aliphatic imine (C=N–C) groups is 1. The lowest BCUT2D eigenvalue weighted by molar-refractivity contribution is 0.237. The van der Waals surface area contributed by atoms with E-state index in [9.17, 15) is 0 Å². The normalized spacial score (nSPS) is 20.5. The highest BCUT2D eigenvalue weighted by Gasteiger charge is 2.41. The molecule has 2 aliphatic heterocycles. The molecule has 0 bridgehead atoms. The van der Waals surface area contributed by atoms with Crippen LogP contribution in [0.15, 0.2) is 95.4 Å². The molecule has 0 saturated heterocycles. The van der Waals surface area contributed by atoms with Crippen molar-refractivity contribution in [3.63, 3.8) is 0 Å². The number of aromatic nitrogens is 3. The largest absolute Gasteiger partial charge is 0.497 e. The third kappa shape index (κ3) is 5.38. The molecule has 4 aromatic rings. The Labute approximate surface area is 244 Å². The summed E-state index contributed by atoms with van der Waals surface area (Å²) in [6, 6.07) is 23.5. The summed E-state index contributed by atoms with van der Waals surface area (Å²) in [7, 11) is 1.68. The van der Waals surface area contributed by atoms with Crippen LogP contribution in [-0.4, -0.2) is 51.5 Å². The van der Waals surface area contributed by atoms with Gasteiger partial charge < -0.3 is 21.1 Å². The molecule has 2 aliphatic rings. The summed E-state index contributed by atoms with van der Waals surface area (Å²) >= 11 is 0. The van der Waals surface area contributed by atoms with Crippen LogP contribution < -0.4 is 21.1 Å². The highest BCUT2D eigenvalue weighted by Crippen LogP contribution is 2.38. The number of halogens is 1. The summed E-state index contributed by atoms with van der Waals surface area (Å²) in [5, 5.41) is 11.0. The van der Waals surface area contributed by atoms with Crippen LogP contribution in [-0.2, 0) is 6.54 Å². The molecule has 0 radical (unpaired) electrons. The summed E-state index contributed by atoms with van der Waals surface area (Å²) in [4.78, 5) is 11.5. The van der Waals surface area contributed by atoms with Crippen LogP contribution in [0.2, 0.25) is 0 Å². The predicted octanol–water partition coefficient (Wildman–Crippen LogP) is 4.71. The van der Waals surface area contributed by atoms with Gasteiger partial charge in [0.15, 0.2) is 5.82 Å². The fourth-order valence-corrected chi connectivity index (χ4v) is 5.74. The van der Waals surface area contributed by atoms with E-state index >= 15 is 4.39 Å². The number of nitrogens with two attached hydrogens (primary N) is 1. The third-order valence-corrected chi connectivity index (χ3v) is 8.05. The number of benzene rings is 3. The lowest BCUT2D eigenvalue weighted by Gasteiger charge is -2.44. The van der Waals surface area contributed by atoms with Crippen LogP contribution in [0, 0.1) is 12.7 Å². The number of guanidine groups is 1. The molecule has 0 amide bonds. The third-order valence-electron chi connectivity index (χ3n) is 8.05. The molecule has 0 saturated carbocycles. The highest BCUT2D eigenvalue weighted by atomic mass is 19.1. The van der Waals surface area contributed by atoms with Gasteiger partial charge in [-0.05, 0) is 54.8 Å². The molecule has 2 atom stereocenters. The summed E-state index contributed by atoms with van der Waals surface area (Å²) < 4.78 is 22.0. The average molecular weight is 567 g/mol. The number of rotatable bonds is 7. The second kappa shape index (κ2) is 11.4. The number of nitrogens with zero attached hydrogens (tertiary/aromatic N) is 5. The SMILES string of the molecule is CCC1(N)N=C(Nc2ccc(-n3ncnc3C)c(F)c2)NC2=C1CN(Cc1ccc(OC)cc1)CC2c1ccccc1. The number of hydrogen-bond acceptors (Lipinski definition) is 8. The average Bonchev–Trinajstić information content (AvgIpc) is 3.43. The zero-order chi connectivity index (χ0) is 29.3. The van der Waals surface area contributed by atoms with Gasteiger partial charge in [0.25, 0.3) is 0 Å². The van der Waals surface area contributed by atoms with Crippen LogP contribution in [0.5, 0.6) is 5.75 Å². The molecule has 1 aromatic heterocycles. The number of hydrogen-bond donors (Lipinski definition) is 3. The van der Waals surface area contributed by atoms with Gasteiger partial charge in [-0.2, -0.15) is 5.10 Å². The van der Waals surface area contributed by atoms with Gasteiger partial charge in [0.2, 0.25) is 5.96 Å². The first-order valence-electron chi connectivity index (χ1n) is 14.1. The van der Waals surface area contributed by atoms with Crippen LogP contribution in [0.3, 0.4) is 0 Å². The Balaban J connectivity index is 1.30. The molecule has 216 valence electrons. The van der Waals surface area contributed by atoms with E-state index < -0.39 is 11.5 Å². The van der Waals surface area contributed by atoms with Crippen molar-refractivity contribution < 1.29 is 9.13 Å². The number of ether oxygens (including phenoxy) is 1. The highest BCUT2D eigenvalue weighted by molar-refractivity contribution is 5.96. The Morgan fingerprint density at radius 1 is 1.12 bits per heavy atom. The first kappa shape index (κ1) is 27.6. The van der Waals surface area contributed by atoms with E-state index in [0.29, 0.717) is 36.1 Å². The smallest absolute Gasteiger partial charge is 0.202 e. The number of anilines is 1. The van der Waals surface area contributed by atoms with Crippen LogP contribution >= 0.6 is 0 Å². The molecule has 6 rings (SSSR count). The van der Waals surface area contributed by atoms with Gasteiger partial charge in [-0.15, -0.1) is 0 Å². The molecule has 10 heteroatoms.